The fourth-order valence-corrected chi connectivity index (χ4v) is 2.00. The highest BCUT2D eigenvalue weighted by molar-refractivity contribution is 6.31. The Kier molecular flexibility index (Phi) is 3.16. The summed E-state index contributed by atoms with van der Waals surface area (Å²) in [6, 6.07) is 12.9. The Labute approximate surface area is 121 Å². The van der Waals surface area contributed by atoms with Gasteiger partial charge in [0.1, 0.15) is 0 Å². The summed E-state index contributed by atoms with van der Waals surface area (Å²) in [5.41, 5.74) is 9.01. The van der Waals surface area contributed by atoms with E-state index in [4.69, 9.17) is 21.9 Å². The number of hydrogen-bond donors (Lipinski definition) is 1. The summed E-state index contributed by atoms with van der Waals surface area (Å²) in [5, 5.41) is 4.65. The van der Waals surface area contributed by atoms with E-state index in [0.717, 1.165) is 16.7 Å². The number of hydrogen-bond acceptors (Lipinski definition) is 4. The molecule has 0 saturated heterocycles. The normalized spacial score (nSPS) is 10.7. The molecule has 0 radical (unpaired) electrons. The summed E-state index contributed by atoms with van der Waals surface area (Å²) in [6.07, 6.45) is 0. The predicted octanol–water partition coefficient (Wildman–Crippen LogP) is 3.95. The van der Waals surface area contributed by atoms with E-state index in [1.165, 1.54) is 0 Å². The third kappa shape index (κ3) is 2.38. The first-order valence-electron chi connectivity index (χ1n) is 6.09. The highest BCUT2D eigenvalue weighted by atomic mass is 35.5. The van der Waals surface area contributed by atoms with Crippen LogP contribution in [0.2, 0.25) is 5.02 Å². The zero-order valence-corrected chi connectivity index (χ0v) is 11.6. The van der Waals surface area contributed by atoms with E-state index in [1.54, 1.807) is 12.1 Å². The van der Waals surface area contributed by atoms with Crippen molar-refractivity contribution in [1.82, 2.24) is 10.1 Å². The van der Waals surface area contributed by atoms with Crippen LogP contribution in [-0.2, 0) is 0 Å². The van der Waals surface area contributed by atoms with Gasteiger partial charge in [0.05, 0.1) is 0 Å². The van der Waals surface area contributed by atoms with E-state index in [1.807, 2.05) is 37.3 Å². The van der Waals surface area contributed by atoms with E-state index >= 15 is 0 Å². The average molecular weight is 286 g/mol. The van der Waals surface area contributed by atoms with Crippen molar-refractivity contribution in [1.29, 1.82) is 0 Å². The third-order valence-corrected chi connectivity index (χ3v) is 3.42. The SMILES string of the molecule is Cc1ccc(-c2nc(-c3ccc(N)cc3)no2)cc1Cl. The number of aromatic nitrogens is 2. The van der Waals surface area contributed by atoms with Gasteiger partial charge in [-0.1, -0.05) is 22.8 Å². The molecule has 5 heteroatoms. The zero-order chi connectivity index (χ0) is 14.1. The van der Waals surface area contributed by atoms with Gasteiger partial charge < -0.3 is 10.3 Å². The third-order valence-electron chi connectivity index (χ3n) is 3.01. The molecule has 2 N–H and O–H groups in total. The van der Waals surface area contributed by atoms with Crippen molar-refractivity contribution in [3.8, 4) is 22.8 Å². The smallest absolute Gasteiger partial charge is 0.258 e. The maximum absolute atomic E-state index is 6.10. The lowest BCUT2D eigenvalue weighted by atomic mass is 10.1. The minimum absolute atomic E-state index is 0.443. The number of anilines is 1. The van der Waals surface area contributed by atoms with Gasteiger partial charge in [0.2, 0.25) is 5.82 Å². The van der Waals surface area contributed by atoms with Gasteiger partial charge in [-0.15, -0.1) is 0 Å². The van der Waals surface area contributed by atoms with E-state index in [-0.39, 0.29) is 0 Å². The Balaban J connectivity index is 1.97. The van der Waals surface area contributed by atoms with Crippen molar-refractivity contribution in [2.75, 3.05) is 5.73 Å². The molecule has 0 unspecified atom stereocenters. The van der Waals surface area contributed by atoms with E-state index < -0.39 is 0 Å². The number of benzene rings is 2. The Morgan fingerprint density at radius 1 is 1.05 bits per heavy atom. The molecular weight excluding hydrogens is 274 g/mol. The van der Waals surface area contributed by atoms with Crippen LogP contribution in [0, 0.1) is 6.92 Å². The summed E-state index contributed by atoms with van der Waals surface area (Å²) in [7, 11) is 0. The molecule has 3 rings (SSSR count). The van der Waals surface area contributed by atoms with Crippen molar-refractivity contribution < 1.29 is 4.52 Å². The number of nitrogens with two attached hydrogens (primary N) is 1. The molecule has 1 heterocycles. The molecule has 20 heavy (non-hydrogen) atoms. The number of nitrogens with zero attached hydrogens (tertiary/aromatic N) is 2. The summed E-state index contributed by atoms with van der Waals surface area (Å²) in [5.74, 6) is 0.968. The lowest BCUT2D eigenvalue weighted by Crippen LogP contribution is -1.85. The summed E-state index contributed by atoms with van der Waals surface area (Å²) < 4.78 is 5.28. The largest absolute Gasteiger partial charge is 0.399 e. The number of nitrogen functional groups attached to an aromatic ring is 1. The monoisotopic (exact) mass is 285 g/mol. The van der Waals surface area contributed by atoms with Crippen LogP contribution in [0.15, 0.2) is 47.0 Å². The molecule has 0 aliphatic carbocycles. The fraction of sp³-hybridized carbons (Fsp3) is 0.0667. The molecule has 0 aliphatic rings. The van der Waals surface area contributed by atoms with Crippen LogP contribution < -0.4 is 5.73 Å². The van der Waals surface area contributed by atoms with Crippen LogP contribution in [0.1, 0.15) is 5.56 Å². The van der Waals surface area contributed by atoms with Gasteiger partial charge in [0, 0.05) is 21.8 Å². The Bertz CT molecular complexity index is 750. The second-order valence-corrected chi connectivity index (χ2v) is 4.92. The highest BCUT2D eigenvalue weighted by Gasteiger charge is 2.11. The molecule has 0 atom stereocenters. The number of halogens is 1. The van der Waals surface area contributed by atoms with Gasteiger partial charge in [0.25, 0.3) is 5.89 Å². The molecular formula is C15H12ClN3O. The summed E-state index contributed by atoms with van der Waals surface area (Å²) in [6.45, 7) is 1.94. The number of aryl methyl sites for hydroxylation is 1. The van der Waals surface area contributed by atoms with E-state index in [9.17, 15) is 0 Å². The van der Waals surface area contributed by atoms with Crippen LogP contribution in [-0.4, -0.2) is 10.1 Å². The minimum Gasteiger partial charge on any atom is -0.399 e. The maximum Gasteiger partial charge on any atom is 0.258 e. The number of rotatable bonds is 2. The first-order valence-corrected chi connectivity index (χ1v) is 6.47. The molecule has 2 aromatic carbocycles. The van der Waals surface area contributed by atoms with Crippen molar-refractivity contribution >= 4 is 17.3 Å². The van der Waals surface area contributed by atoms with Crippen molar-refractivity contribution in [3.63, 3.8) is 0 Å². The lowest BCUT2D eigenvalue weighted by Gasteiger charge is -1.98. The van der Waals surface area contributed by atoms with Crippen molar-refractivity contribution in [2.45, 2.75) is 6.92 Å². The summed E-state index contributed by atoms with van der Waals surface area (Å²) >= 11 is 6.10. The average Bonchev–Trinajstić information content (AvgIpc) is 2.92. The first-order chi connectivity index (χ1) is 9.63. The Morgan fingerprint density at radius 2 is 1.75 bits per heavy atom. The van der Waals surface area contributed by atoms with Crippen molar-refractivity contribution in [2.24, 2.45) is 0 Å². The second kappa shape index (κ2) is 4.98. The van der Waals surface area contributed by atoms with Gasteiger partial charge in [-0.25, -0.2) is 0 Å². The maximum atomic E-state index is 6.10. The van der Waals surface area contributed by atoms with Gasteiger partial charge in [-0.05, 0) is 48.9 Å². The van der Waals surface area contributed by atoms with Crippen LogP contribution in [0.5, 0.6) is 0 Å². The molecule has 0 spiro atoms. The van der Waals surface area contributed by atoms with Crippen LogP contribution in [0.3, 0.4) is 0 Å². The zero-order valence-electron chi connectivity index (χ0n) is 10.8. The van der Waals surface area contributed by atoms with Gasteiger partial charge in [0.15, 0.2) is 0 Å². The molecule has 0 bridgehead atoms. The summed E-state index contributed by atoms with van der Waals surface area (Å²) in [4.78, 5) is 4.37. The topological polar surface area (TPSA) is 64.9 Å². The van der Waals surface area contributed by atoms with Crippen LogP contribution in [0.25, 0.3) is 22.8 Å². The van der Waals surface area contributed by atoms with Crippen LogP contribution in [0.4, 0.5) is 5.69 Å². The highest BCUT2D eigenvalue weighted by Crippen LogP contribution is 2.26. The van der Waals surface area contributed by atoms with Gasteiger partial charge in [-0.3, -0.25) is 0 Å². The fourth-order valence-electron chi connectivity index (χ4n) is 1.82. The molecule has 3 aromatic rings. The Hall–Kier alpha value is -2.33. The molecule has 0 aliphatic heterocycles. The first kappa shape index (κ1) is 12.7. The molecule has 0 saturated carbocycles. The standard InChI is InChI=1S/C15H12ClN3O/c1-9-2-3-11(8-13(9)16)15-18-14(19-20-15)10-4-6-12(17)7-5-10/h2-8H,17H2,1H3. The Morgan fingerprint density at radius 3 is 2.45 bits per heavy atom. The molecule has 1 aromatic heterocycles. The van der Waals surface area contributed by atoms with Gasteiger partial charge in [-0.2, -0.15) is 4.98 Å². The van der Waals surface area contributed by atoms with Crippen molar-refractivity contribution in [3.05, 3.63) is 53.1 Å². The molecule has 100 valence electrons. The molecule has 0 fully saturated rings. The predicted molar refractivity (Wildman–Crippen MR) is 79.3 cm³/mol. The van der Waals surface area contributed by atoms with Crippen LogP contribution >= 0.6 is 11.6 Å². The minimum atomic E-state index is 0.443. The second-order valence-electron chi connectivity index (χ2n) is 4.51. The quantitative estimate of drug-likeness (QED) is 0.724. The molecule has 0 amide bonds. The van der Waals surface area contributed by atoms with E-state index in [0.29, 0.717) is 22.4 Å². The van der Waals surface area contributed by atoms with Gasteiger partial charge >= 0.3 is 0 Å². The van der Waals surface area contributed by atoms with E-state index in [2.05, 4.69) is 10.1 Å². The molecule has 4 nitrogen and oxygen atoms in total. The lowest BCUT2D eigenvalue weighted by molar-refractivity contribution is 0.432.